The minimum atomic E-state index is -0.0691. The monoisotopic (exact) mass is 204 g/mol. The van der Waals surface area contributed by atoms with Gasteiger partial charge >= 0.3 is 0 Å². The number of fused-ring (bicyclic) bond motifs is 1. The fourth-order valence-corrected chi connectivity index (χ4v) is 1.40. The van der Waals surface area contributed by atoms with Gasteiger partial charge in [0.15, 0.2) is 0 Å². The molecule has 0 aliphatic heterocycles. The summed E-state index contributed by atoms with van der Waals surface area (Å²) in [6.07, 6.45) is 1.96. The number of rotatable bonds is 3. The lowest BCUT2D eigenvalue weighted by Crippen LogP contribution is -2.15. The molecule has 0 saturated heterocycles. The van der Waals surface area contributed by atoms with E-state index in [0.29, 0.717) is 13.0 Å². The normalized spacial score (nSPS) is 10.5. The summed E-state index contributed by atoms with van der Waals surface area (Å²) in [7, 11) is 0. The summed E-state index contributed by atoms with van der Waals surface area (Å²) in [5, 5.41) is 3.74. The van der Waals surface area contributed by atoms with Crippen molar-refractivity contribution in [2.75, 3.05) is 11.9 Å². The summed E-state index contributed by atoms with van der Waals surface area (Å²) < 4.78 is 5.19. The molecule has 0 saturated carbocycles. The molecule has 0 fully saturated rings. The van der Waals surface area contributed by atoms with Gasteiger partial charge in [-0.25, -0.2) is 0 Å². The summed E-state index contributed by atoms with van der Waals surface area (Å²) in [6.45, 7) is 0.361. The first-order valence-electron chi connectivity index (χ1n) is 4.77. The number of carbonyl (C=O) groups is 1. The quantitative estimate of drug-likeness (QED) is 0.799. The van der Waals surface area contributed by atoms with E-state index in [9.17, 15) is 4.79 Å². The van der Waals surface area contributed by atoms with E-state index in [1.54, 1.807) is 12.3 Å². The van der Waals surface area contributed by atoms with Crippen LogP contribution in [0, 0.1) is 0 Å². The SMILES string of the molecule is NCCC(=O)Nc1ccc2occc2c1. The Kier molecular flexibility index (Phi) is 2.69. The van der Waals surface area contributed by atoms with E-state index in [2.05, 4.69) is 5.32 Å². The van der Waals surface area contributed by atoms with E-state index in [4.69, 9.17) is 10.2 Å². The van der Waals surface area contributed by atoms with Crippen LogP contribution in [0.15, 0.2) is 34.9 Å². The van der Waals surface area contributed by atoms with Crippen molar-refractivity contribution in [2.24, 2.45) is 5.73 Å². The summed E-state index contributed by atoms with van der Waals surface area (Å²) in [4.78, 5) is 11.3. The first-order chi connectivity index (χ1) is 7.29. The Morgan fingerprint density at radius 3 is 3.07 bits per heavy atom. The van der Waals surface area contributed by atoms with Crippen LogP contribution < -0.4 is 11.1 Å². The van der Waals surface area contributed by atoms with Crippen molar-refractivity contribution in [3.63, 3.8) is 0 Å². The maximum Gasteiger partial charge on any atom is 0.225 e. The predicted octanol–water partition coefficient (Wildman–Crippen LogP) is 1.72. The van der Waals surface area contributed by atoms with Gasteiger partial charge in [-0.3, -0.25) is 4.79 Å². The van der Waals surface area contributed by atoms with Crippen LogP contribution in [-0.2, 0) is 4.79 Å². The second kappa shape index (κ2) is 4.14. The van der Waals surface area contributed by atoms with Gasteiger partial charge in [0.25, 0.3) is 0 Å². The number of hydrogen-bond donors (Lipinski definition) is 2. The largest absolute Gasteiger partial charge is 0.464 e. The number of nitrogens with two attached hydrogens (primary N) is 1. The summed E-state index contributed by atoms with van der Waals surface area (Å²) in [6, 6.07) is 7.36. The van der Waals surface area contributed by atoms with Crippen molar-refractivity contribution in [1.82, 2.24) is 0 Å². The summed E-state index contributed by atoms with van der Waals surface area (Å²) in [5.74, 6) is -0.0691. The van der Waals surface area contributed by atoms with Gasteiger partial charge in [0.2, 0.25) is 5.91 Å². The Morgan fingerprint density at radius 1 is 1.40 bits per heavy atom. The number of carbonyl (C=O) groups excluding carboxylic acids is 1. The average Bonchev–Trinajstić information content (AvgIpc) is 2.65. The van der Waals surface area contributed by atoms with Crippen molar-refractivity contribution >= 4 is 22.6 Å². The summed E-state index contributed by atoms with van der Waals surface area (Å²) >= 11 is 0. The first-order valence-corrected chi connectivity index (χ1v) is 4.77. The van der Waals surface area contributed by atoms with Crippen LogP contribution in [-0.4, -0.2) is 12.5 Å². The van der Waals surface area contributed by atoms with Crippen LogP contribution in [0.1, 0.15) is 6.42 Å². The van der Waals surface area contributed by atoms with Crippen LogP contribution in [0.4, 0.5) is 5.69 Å². The lowest BCUT2D eigenvalue weighted by molar-refractivity contribution is -0.116. The minimum absolute atomic E-state index is 0.0691. The number of nitrogens with one attached hydrogen (secondary N) is 1. The topological polar surface area (TPSA) is 68.3 Å². The Labute approximate surface area is 87.1 Å². The molecule has 2 rings (SSSR count). The van der Waals surface area contributed by atoms with Crippen molar-refractivity contribution in [1.29, 1.82) is 0 Å². The van der Waals surface area contributed by atoms with Gasteiger partial charge in [-0.05, 0) is 24.3 Å². The van der Waals surface area contributed by atoms with Crippen molar-refractivity contribution in [2.45, 2.75) is 6.42 Å². The van der Waals surface area contributed by atoms with Gasteiger partial charge in [0.1, 0.15) is 5.58 Å². The van der Waals surface area contributed by atoms with Gasteiger partial charge in [-0.15, -0.1) is 0 Å². The lowest BCUT2D eigenvalue weighted by atomic mass is 10.2. The van der Waals surface area contributed by atoms with E-state index in [1.807, 2.05) is 18.2 Å². The molecule has 4 nitrogen and oxygen atoms in total. The fourth-order valence-electron chi connectivity index (χ4n) is 1.40. The van der Waals surface area contributed by atoms with Gasteiger partial charge < -0.3 is 15.5 Å². The van der Waals surface area contributed by atoms with Crippen LogP contribution >= 0.6 is 0 Å². The molecule has 15 heavy (non-hydrogen) atoms. The Hall–Kier alpha value is -1.81. The van der Waals surface area contributed by atoms with E-state index >= 15 is 0 Å². The van der Waals surface area contributed by atoms with E-state index < -0.39 is 0 Å². The number of amides is 1. The third kappa shape index (κ3) is 2.16. The first kappa shape index (κ1) is 9.73. The van der Waals surface area contributed by atoms with Gasteiger partial charge in [-0.1, -0.05) is 0 Å². The highest BCUT2D eigenvalue weighted by Gasteiger charge is 2.02. The molecule has 1 aromatic heterocycles. The number of hydrogen-bond acceptors (Lipinski definition) is 3. The van der Waals surface area contributed by atoms with Gasteiger partial charge in [0, 0.05) is 24.0 Å². The maximum atomic E-state index is 11.3. The maximum absolute atomic E-state index is 11.3. The second-order valence-corrected chi connectivity index (χ2v) is 3.26. The van der Waals surface area contributed by atoms with E-state index in [-0.39, 0.29) is 5.91 Å². The third-order valence-electron chi connectivity index (χ3n) is 2.11. The van der Waals surface area contributed by atoms with E-state index in [1.165, 1.54) is 0 Å². The highest BCUT2D eigenvalue weighted by atomic mass is 16.3. The number of furan rings is 1. The minimum Gasteiger partial charge on any atom is -0.464 e. The zero-order chi connectivity index (χ0) is 10.7. The highest BCUT2D eigenvalue weighted by Crippen LogP contribution is 2.19. The standard InChI is InChI=1S/C11H12N2O2/c12-5-3-11(14)13-9-1-2-10-8(7-9)4-6-15-10/h1-2,4,6-7H,3,5,12H2,(H,13,14). The zero-order valence-corrected chi connectivity index (χ0v) is 8.19. The number of anilines is 1. The van der Waals surface area contributed by atoms with Crippen LogP contribution in [0.25, 0.3) is 11.0 Å². The molecule has 0 aliphatic rings. The molecule has 0 atom stereocenters. The zero-order valence-electron chi connectivity index (χ0n) is 8.19. The molecule has 1 aromatic carbocycles. The Morgan fingerprint density at radius 2 is 2.27 bits per heavy atom. The van der Waals surface area contributed by atoms with Crippen LogP contribution in [0.5, 0.6) is 0 Å². The number of benzene rings is 1. The molecule has 4 heteroatoms. The second-order valence-electron chi connectivity index (χ2n) is 3.26. The highest BCUT2D eigenvalue weighted by molar-refractivity contribution is 5.93. The Bertz CT molecular complexity index is 476. The smallest absolute Gasteiger partial charge is 0.225 e. The molecule has 78 valence electrons. The molecule has 2 aromatic rings. The Balaban J connectivity index is 2.17. The molecular formula is C11H12N2O2. The van der Waals surface area contributed by atoms with Gasteiger partial charge in [-0.2, -0.15) is 0 Å². The molecule has 1 amide bonds. The van der Waals surface area contributed by atoms with Crippen LogP contribution in [0.2, 0.25) is 0 Å². The van der Waals surface area contributed by atoms with Crippen molar-refractivity contribution in [3.8, 4) is 0 Å². The summed E-state index contributed by atoms with van der Waals surface area (Å²) in [5.41, 5.74) is 6.86. The molecule has 1 heterocycles. The lowest BCUT2D eigenvalue weighted by Gasteiger charge is -2.03. The average molecular weight is 204 g/mol. The molecule has 0 aliphatic carbocycles. The third-order valence-corrected chi connectivity index (χ3v) is 2.11. The molecule has 0 radical (unpaired) electrons. The fraction of sp³-hybridized carbons (Fsp3) is 0.182. The molecule has 0 unspecified atom stereocenters. The van der Waals surface area contributed by atoms with E-state index in [0.717, 1.165) is 16.7 Å². The molecule has 0 bridgehead atoms. The van der Waals surface area contributed by atoms with Crippen LogP contribution in [0.3, 0.4) is 0 Å². The molecule has 3 N–H and O–H groups in total. The van der Waals surface area contributed by atoms with Crippen molar-refractivity contribution in [3.05, 3.63) is 30.5 Å². The van der Waals surface area contributed by atoms with Crippen molar-refractivity contribution < 1.29 is 9.21 Å². The molecular weight excluding hydrogens is 192 g/mol. The van der Waals surface area contributed by atoms with Gasteiger partial charge in [0.05, 0.1) is 6.26 Å². The molecule has 0 spiro atoms. The predicted molar refractivity (Wildman–Crippen MR) is 58.5 cm³/mol.